The van der Waals surface area contributed by atoms with Gasteiger partial charge >= 0.3 is 6.36 Å². The lowest BCUT2D eigenvalue weighted by Gasteiger charge is -2.47. The van der Waals surface area contributed by atoms with Gasteiger partial charge in [-0.25, -0.2) is 0 Å². The Bertz CT molecular complexity index is 566. The summed E-state index contributed by atoms with van der Waals surface area (Å²) in [5.41, 5.74) is 6.37. The van der Waals surface area contributed by atoms with Crippen molar-refractivity contribution in [3.05, 3.63) is 29.8 Å². The molecule has 1 heterocycles. The van der Waals surface area contributed by atoms with Crippen molar-refractivity contribution in [3.63, 3.8) is 0 Å². The zero-order chi connectivity index (χ0) is 17.3. The van der Waals surface area contributed by atoms with Crippen molar-refractivity contribution in [2.24, 2.45) is 5.73 Å². The number of halogens is 3. The second kappa shape index (κ2) is 6.56. The molecule has 3 rings (SSSR count). The summed E-state index contributed by atoms with van der Waals surface area (Å²) in [4.78, 5) is 0. The van der Waals surface area contributed by atoms with E-state index < -0.39 is 6.36 Å². The molecule has 1 saturated carbocycles. The Labute approximate surface area is 140 Å². The minimum absolute atomic E-state index is 0.131. The summed E-state index contributed by atoms with van der Waals surface area (Å²) < 4.78 is 47.8. The summed E-state index contributed by atoms with van der Waals surface area (Å²) in [7, 11) is 0. The van der Waals surface area contributed by atoms with Gasteiger partial charge in [-0.2, -0.15) is 0 Å². The standard InChI is InChI=1S/C18H24F3NO2/c19-18(20,21)24-15-5-3-4-14(12-15)16(8-10-22)9-11-23-17(13-16)6-1-2-7-17/h3-5,12H,1-2,6-11,13,22H2/t16-/m1/s1. The Hall–Kier alpha value is -1.27. The fraction of sp³-hybridized carbons (Fsp3) is 0.667. The van der Waals surface area contributed by atoms with Gasteiger partial charge in [0.25, 0.3) is 0 Å². The van der Waals surface area contributed by atoms with E-state index in [0.29, 0.717) is 13.2 Å². The highest BCUT2D eigenvalue weighted by Crippen LogP contribution is 2.50. The van der Waals surface area contributed by atoms with E-state index in [4.69, 9.17) is 10.5 Å². The van der Waals surface area contributed by atoms with Gasteiger partial charge in [0, 0.05) is 12.0 Å². The number of hydrogen-bond donors (Lipinski definition) is 1. The third kappa shape index (κ3) is 3.70. The van der Waals surface area contributed by atoms with Crippen molar-refractivity contribution in [2.75, 3.05) is 13.2 Å². The Morgan fingerprint density at radius 1 is 1.17 bits per heavy atom. The molecule has 2 fully saturated rings. The van der Waals surface area contributed by atoms with Gasteiger partial charge in [0.1, 0.15) is 5.75 Å². The number of ether oxygens (including phenoxy) is 2. The molecule has 2 aliphatic rings. The number of hydrogen-bond acceptors (Lipinski definition) is 3. The SMILES string of the molecule is NCC[C@@]1(c2cccc(OC(F)(F)F)c2)CCOC2(CCCC2)C1. The van der Waals surface area contributed by atoms with E-state index in [0.717, 1.165) is 50.5 Å². The van der Waals surface area contributed by atoms with E-state index in [1.807, 2.05) is 6.07 Å². The maximum Gasteiger partial charge on any atom is 0.573 e. The third-order valence-electron chi connectivity index (χ3n) is 5.47. The van der Waals surface area contributed by atoms with Crippen molar-refractivity contribution < 1.29 is 22.6 Å². The summed E-state index contributed by atoms with van der Waals surface area (Å²) in [5.74, 6) is -0.164. The molecule has 1 atom stereocenters. The summed E-state index contributed by atoms with van der Waals surface area (Å²) in [6, 6.07) is 6.40. The smallest absolute Gasteiger partial charge is 0.406 e. The lowest BCUT2D eigenvalue weighted by Crippen LogP contribution is -2.46. The largest absolute Gasteiger partial charge is 0.573 e. The van der Waals surface area contributed by atoms with Gasteiger partial charge in [-0.3, -0.25) is 0 Å². The number of rotatable bonds is 4. The first-order valence-corrected chi connectivity index (χ1v) is 8.57. The van der Waals surface area contributed by atoms with Gasteiger partial charge in [0.2, 0.25) is 0 Å². The molecule has 134 valence electrons. The molecule has 1 aliphatic heterocycles. The van der Waals surface area contributed by atoms with Crippen LogP contribution in [-0.4, -0.2) is 25.1 Å². The zero-order valence-corrected chi connectivity index (χ0v) is 13.7. The van der Waals surface area contributed by atoms with E-state index in [-0.39, 0.29) is 16.8 Å². The first-order chi connectivity index (χ1) is 11.4. The van der Waals surface area contributed by atoms with Crippen molar-refractivity contribution in [3.8, 4) is 5.75 Å². The molecule has 1 spiro atoms. The maximum absolute atomic E-state index is 12.5. The summed E-state index contributed by atoms with van der Waals surface area (Å²) in [6.07, 6.45) is 2.02. The number of benzene rings is 1. The quantitative estimate of drug-likeness (QED) is 0.887. The van der Waals surface area contributed by atoms with Crippen LogP contribution < -0.4 is 10.5 Å². The monoisotopic (exact) mass is 343 g/mol. The molecule has 1 aromatic carbocycles. The summed E-state index contributed by atoms with van der Waals surface area (Å²) >= 11 is 0. The fourth-order valence-electron chi connectivity index (χ4n) is 4.46. The van der Waals surface area contributed by atoms with E-state index in [1.165, 1.54) is 12.1 Å². The van der Waals surface area contributed by atoms with Gasteiger partial charge in [-0.05, 0) is 56.3 Å². The van der Waals surface area contributed by atoms with E-state index in [9.17, 15) is 13.2 Å². The van der Waals surface area contributed by atoms with Gasteiger partial charge in [0.15, 0.2) is 0 Å². The van der Waals surface area contributed by atoms with Crippen LogP contribution in [0.2, 0.25) is 0 Å². The van der Waals surface area contributed by atoms with Crippen molar-refractivity contribution in [2.45, 2.75) is 62.3 Å². The van der Waals surface area contributed by atoms with Crippen LogP contribution in [0.5, 0.6) is 5.75 Å². The molecule has 3 nitrogen and oxygen atoms in total. The first kappa shape index (κ1) is 17.5. The second-order valence-electron chi connectivity index (χ2n) is 7.06. The highest BCUT2D eigenvalue weighted by molar-refractivity contribution is 5.35. The van der Waals surface area contributed by atoms with Crippen LogP contribution in [0.1, 0.15) is 50.5 Å². The maximum atomic E-state index is 12.5. The number of alkyl halides is 3. The van der Waals surface area contributed by atoms with Crippen molar-refractivity contribution in [1.82, 2.24) is 0 Å². The molecule has 1 aliphatic carbocycles. The van der Waals surface area contributed by atoms with Crippen LogP contribution in [-0.2, 0) is 10.2 Å². The first-order valence-electron chi connectivity index (χ1n) is 8.57. The molecule has 0 radical (unpaired) electrons. The topological polar surface area (TPSA) is 44.5 Å². The van der Waals surface area contributed by atoms with Crippen LogP contribution >= 0.6 is 0 Å². The third-order valence-corrected chi connectivity index (χ3v) is 5.47. The van der Waals surface area contributed by atoms with Gasteiger partial charge in [-0.1, -0.05) is 25.0 Å². The molecule has 0 bridgehead atoms. The molecule has 0 aromatic heterocycles. The van der Waals surface area contributed by atoms with Crippen molar-refractivity contribution >= 4 is 0 Å². The molecule has 1 saturated heterocycles. The van der Waals surface area contributed by atoms with Gasteiger partial charge < -0.3 is 15.2 Å². The zero-order valence-electron chi connectivity index (χ0n) is 13.7. The Morgan fingerprint density at radius 3 is 2.58 bits per heavy atom. The van der Waals surface area contributed by atoms with Crippen LogP contribution in [0.15, 0.2) is 24.3 Å². The predicted molar refractivity (Wildman–Crippen MR) is 84.9 cm³/mol. The van der Waals surface area contributed by atoms with Crippen LogP contribution in [0.4, 0.5) is 13.2 Å². The Balaban J connectivity index is 1.91. The molecule has 1 aromatic rings. The lowest BCUT2D eigenvalue weighted by atomic mass is 9.66. The molecular formula is C18H24F3NO2. The highest BCUT2D eigenvalue weighted by atomic mass is 19.4. The lowest BCUT2D eigenvalue weighted by molar-refractivity contribution is -0.274. The van der Waals surface area contributed by atoms with Crippen LogP contribution in [0, 0.1) is 0 Å². The Kier molecular flexibility index (Phi) is 4.80. The average Bonchev–Trinajstić information content (AvgIpc) is 2.94. The highest BCUT2D eigenvalue weighted by Gasteiger charge is 2.47. The van der Waals surface area contributed by atoms with Crippen LogP contribution in [0.25, 0.3) is 0 Å². The van der Waals surface area contributed by atoms with E-state index >= 15 is 0 Å². The molecule has 0 unspecified atom stereocenters. The molecule has 6 heteroatoms. The minimum atomic E-state index is -4.68. The van der Waals surface area contributed by atoms with Gasteiger partial charge in [-0.15, -0.1) is 13.2 Å². The minimum Gasteiger partial charge on any atom is -0.406 e. The summed E-state index contributed by atoms with van der Waals surface area (Å²) in [6.45, 7) is 1.13. The molecule has 0 amide bonds. The number of nitrogens with two attached hydrogens (primary N) is 1. The molecule has 2 N–H and O–H groups in total. The predicted octanol–water partition coefficient (Wildman–Crippen LogP) is 4.30. The molecule has 24 heavy (non-hydrogen) atoms. The van der Waals surface area contributed by atoms with E-state index in [2.05, 4.69) is 4.74 Å². The second-order valence-corrected chi connectivity index (χ2v) is 7.06. The molecular weight excluding hydrogens is 319 g/mol. The Morgan fingerprint density at radius 2 is 1.92 bits per heavy atom. The van der Waals surface area contributed by atoms with Crippen LogP contribution in [0.3, 0.4) is 0 Å². The summed E-state index contributed by atoms with van der Waals surface area (Å²) in [5, 5.41) is 0. The normalized spacial score (nSPS) is 26.7. The van der Waals surface area contributed by atoms with Crippen molar-refractivity contribution in [1.29, 1.82) is 0 Å². The average molecular weight is 343 g/mol. The van der Waals surface area contributed by atoms with E-state index in [1.54, 1.807) is 6.07 Å². The fourth-order valence-corrected chi connectivity index (χ4v) is 4.46. The van der Waals surface area contributed by atoms with Gasteiger partial charge in [0.05, 0.1) is 5.60 Å².